The number of Topliss-reactive ketones (excluding diaryl/α,β-unsaturated/α-hetero) is 1. The Morgan fingerprint density at radius 2 is 2.00 bits per heavy atom. The van der Waals surface area contributed by atoms with Crippen LogP contribution in [0.4, 0.5) is 0 Å². The summed E-state index contributed by atoms with van der Waals surface area (Å²) in [6, 6.07) is 6.92. The molecule has 5 heteroatoms. The van der Waals surface area contributed by atoms with E-state index in [0.29, 0.717) is 9.90 Å². The Labute approximate surface area is 94.4 Å². The zero-order valence-corrected chi connectivity index (χ0v) is 9.06. The van der Waals surface area contributed by atoms with E-state index in [-0.39, 0.29) is 0 Å². The number of carbonyl (C=O) groups excluding carboxylic acids is 2. The first-order chi connectivity index (χ1) is 7.08. The fraction of sp³-hybridized carbons (Fsp3) is 0. The number of nitrogens with two attached hydrogens (primary N) is 1. The number of hydrogen-bond acceptors (Lipinski definition) is 3. The van der Waals surface area contributed by atoms with Gasteiger partial charge in [-0.05, 0) is 23.6 Å². The lowest BCUT2D eigenvalue weighted by Gasteiger charge is -1.88. The van der Waals surface area contributed by atoms with Crippen LogP contribution in [-0.2, 0) is 4.79 Å². The highest BCUT2D eigenvalue weighted by molar-refractivity contribution is 7.21. The molecule has 0 unspecified atom stereocenters. The molecule has 1 amide bonds. The Morgan fingerprint density at radius 1 is 1.27 bits per heavy atom. The molecule has 76 valence electrons. The largest absolute Gasteiger partial charge is 0.363 e. The fourth-order valence-corrected chi connectivity index (χ4v) is 2.52. The Hall–Kier alpha value is -1.39. The van der Waals surface area contributed by atoms with Crippen molar-refractivity contribution in [1.82, 2.24) is 0 Å². The van der Waals surface area contributed by atoms with Crippen molar-refractivity contribution in [3.05, 3.63) is 34.2 Å². The molecule has 0 saturated carbocycles. The van der Waals surface area contributed by atoms with Crippen molar-refractivity contribution in [2.75, 3.05) is 0 Å². The lowest BCUT2D eigenvalue weighted by atomic mass is 10.2. The zero-order chi connectivity index (χ0) is 11.0. The third-order valence-electron chi connectivity index (χ3n) is 1.93. The van der Waals surface area contributed by atoms with E-state index in [9.17, 15) is 9.59 Å². The molecule has 1 heterocycles. The minimum Gasteiger partial charge on any atom is -0.363 e. The van der Waals surface area contributed by atoms with Crippen LogP contribution in [0.25, 0.3) is 10.1 Å². The van der Waals surface area contributed by atoms with Gasteiger partial charge in [0.1, 0.15) is 0 Å². The topological polar surface area (TPSA) is 60.2 Å². The molecular weight excluding hydrogens is 234 g/mol. The van der Waals surface area contributed by atoms with Crippen LogP contribution >= 0.6 is 22.9 Å². The van der Waals surface area contributed by atoms with E-state index in [0.717, 1.165) is 10.1 Å². The number of hydrogen-bond donors (Lipinski definition) is 1. The molecule has 0 aliphatic carbocycles. The summed E-state index contributed by atoms with van der Waals surface area (Å²) < 4.78 is 0.868. The van der Waals surface area contributed by atoms with Crippen molar-refractivity contribution in [1.29, 1.82) is 0 Å². The number of rotatable bonds is 2. The standard InChI is InChI=1S/C10H6ClNO2S/c11-6-2-1-5-3-8(9(13)10(12)14)15-7(5)4-6/h1-4H,(H2,12,14). The highest BCUT2D eigenvalue weighted by Gasteiger charge is 2.15. The SMILES string of the molecule is NC(=O)C(=O)c1cc2ccc(Cl)cc2s1. The van der Waals surface area contributed by atoms with Crippen LogP contribution < -0.4 is 5.73 Å². The van der Waals surface area contributed by atoms with Crippen molar-refractivity contribution in [2.45, 2.75) is 0 Å². The van der Waals surface area contributed by atoms with Gasteiger partial charge in [-0.2, -0.15) is 0 Å². The van der Waals surface area contributed by atoms with Crippen molar-refractivity contribution in [3.8, 4) is 0 Å². The number of ketones is 1. The van der Waals surface area contributed by atoms with Gasteiger partial charge in [0, 0.05) is 9.72 Å². The lowest BCUT2D eigenvalue weighted by molar-refractivity contribution is -0.114. The molecule has 0 aliphatic heterocycles. The summed E-state index contributed by atoms with van der Waals surface area (Å²) in [5, 5.41) is 1.48. The van der Waals surface area contributed by atoms with Crippen molar-refractivity contribution in [2.24, 2.45) is 5.73 Å². The second kappa shape index (κ2) is 3.64. The molecule has 1 aromatic carbocycles. The summed E-state index contributed by atoms with van der Waals surface area (Å²) in [5.74, 6) is -1.60. The number of amides is 1. The molecule has 0 fully saturated rings. The first-order valence-electron chi connectivity index (χ1n) is 4.11. The maximum Gasteiger partial charge on any atom is 0.290 e. The second-order valence-electron chi connectivity index (χ2n) is 2.99. The molecule has 0 spiro atoms. The Kier molecular flexibility index (Phi) is 2.46. The number of benzene rings is 1. The molecular formula is C10H6ClNO2S. The maximum absolute atomic E-state index is 11.3. The third kappa shape index (κ3) is 1.86. The second-order valence-corrected chi connectivity index (χ2v) is 4.51. The quantitative estimate of drug-likeness (QED) is 0.645. The molecule has 2 rings (SSSR count). The predicted molar refractivity (Wildman–Crippen MR) is 60.4 cm³/mol. The van der Waals surface area contributed by atoms with Crippen LogP contribution in [0.5, 0.6) is 0 Å². The maximum atomic E-state index is 11.3. The van der Waals surface area contributed by atoms with Gasteiger partial charge in [0.25, 0.3) is 11.7 Å². The molecule has 0 aliphatic rings. The third-order valence-corrected chi connectivity index (χ3v) is 3.26. The monoisotopic (exact) mass is 239 g/mol. The van der Waals surface area contributed by atoms with Gasteiger partial charge >= 0.3 is 0 Å². The molecule has 15 heavy (non-hydrogen) atoms. The van der Waals surface area contributed by atoms with Crippen molar-refractivity contribution < 1.29 is 9.59 Å². The number of fused-ring (bicyclic) bond motifs is 1. The molecule has 2 aromatic rings. The Morgan fingerprint density at radius 3 is 2.67 bits per heavy atom. The van der Waals surface area contributed by atoms with Crippen LogP contribution in [0.2, 0.25) is 5.02 Å². The summed E-state index contributed by atoms with van der Waals surface area (Å²) in [4.78, 5) is 22.3. The van der Waals surface area contributed by atoms with Gasteiger partial charge in [0.2, 0.25) is 0 Å². The van der Waals surface area contributed by atoms with Gasteiger partial charge in [-0.15, -0.1) is 11.3 Å². The van der Waals surface area contributed by atoms with Crippen LogP contribution in [-0.4, -0.2) is 11.7 Å². The van der Waals surface area contributed by atoms with Crippen LogP contribution in [0, 0.1) is 0 Å². The number of halogens is 1. The van der Waals surface area contributed by atoms with Gasteiger partial charge in [-0.25, -0.2) is 0 Å². The molecule has 1 aromatic heterocycles. The van der Waals surface area contributed by atoms with E-state index in [1.54, 1.807) is 24.3 Å². The van der Waals surface area contributed by atoms with E-state index in [1.165, 1.54) is 11.3 Å². The van der Waals surface area contributed by atoms with Gasteiger partial charge in [0.15, 0.2) is 0 Å². The molecule has 3 nitrogen and oxygen atoms in total. The average Bonchev–Trinajstić information content (AvgIpc) is 2.58. The first kappa shape index (κ1) is 10.1. The fourth-order valence-electron chi connectivity index (χ4n) is 1.24. The summed E-state index contributed by atoms with van der Waals surface area (Å²) in [6.45, 7) is 0. The molecule has 0 saturated heterocycles. The van der Waals surface area contributed by atoms with E-state index in [2.05, 4.69) is 0 Å². The van der Waals surface area contributed by atoms with Gasteiger partial charge in [0.05, 0.1) is 4.88 Å². The number of thiophene rings is 1. The van der Waals surface area contributed by atoms with Gasteiger partial charge in [-0.3, -0.25) is 9.59 Å². The highest BCUT2D eigenvalue weighted by atomic mass is 35.5. The van der Waals surface area contributed by atoms with Crippen LogP contribution in [0.1, 0.15) is 9.67 Å². The molecule has 2 N–H and O–H groups in total. The first-order valence-corrected chi connectivity index (χ1v) is 5.30. The molecule has 0 bridgehead atoms. The number of primary amides is 1. The highest BCUT2D eigenvalue weighted by Crippen LogP contribution is 2.28. The Bertz CT molecular complexity index is 562. The van der Waals surface area contributed by atoms with Gasteiger partial charge in [-0.1, -0.05) is 17.7 Å². The van der Waals surface area contributed by atoms with Gasteiger partial charge < -0.3 is 5.73 Å². The van der Waals surface area contributed by atoms with E-state index in [1.807, 2.05) is 0 Å². The summed E-state index contributed by atoms with van der Waals surface area (Å²) in [7, 11) is 0. The smallest absolute Gasteiger partial charge is 0.290 e. The van der Waals surface area contributed by atoms with Crippen LogP contribution in [0.15, 0.2) is 24.3 Å². The van der Waals surface area contributed by atoms with Crippen molar-refractivity contribution in [3.63, 3.8) is 0 Å². The van der Waals surface area contributed by atoms with E-state index >= 15 is 0 Å². The molecule has 0 radical (unpaired) electrons. The average molecular weight is 240 g/mol. The van der Waals surface area contributed by atoms with Crippen LogP contribution in [0.3, 0.4) is 0 Å². The summed E-state index contributed by atoms with van der Waals surface area (Å²) in [5.41, 5.74) is 4.91. The summed E-state index contributed by atoms with van der Waals surface area (Å²) >= 11 is 7.01. The minimum absolute atomic E-state index is 0.347. The molecule has 0 atom stereocenters. The normalized spacial score (nSPS) is 10.5. The van der Waals surface area contributed by atoms with Crippen molar-refractivity contribution >= 4 is 44.7 Å². The Balaban J connectivity index is 2.56. The predicted octanol–water partition coefficient (Wildman–Crippen LogP) is 2.22. The number of carbonyl (C=O) groups is 2. The zero-order valence-electron chi connectivity index (χ0n) is 7.49. The van der Waals surface area contributed by atoms with E-state index in [4.69, 9.17) is 17.3 Å². The van der Waals surface area contributed by atoms with E-state index < -0.39 is 11.7 Å². The lowest BCUT2D eigenvalue weighted by Crippen LogP contribution is -2.21. The summed E-state index contributed by atoms with van der Waals surface area (Å²) in [6.07, 6.45) is 0. The minimum atomic E-state index is -0.937.